The molecule has 0 spiro atoms. The Kier molecular flexibility index (Phi) is 11.1. The third-order valence-electron chi connectivity index (χ3n) is 11.9. The van der Waals surface area contributed by atoms with Gasteiger partial charge >= 0.3 is 17.9 Å². The highest BCUT2D eigenvalue weighted by Crippen LogP contribution is 2.66. The fourth-order valence-electron chi connectivity index (χ4n) is 8.25. The number of carboxylic acid groups (broad SMARTS) is 1. The number of carboxylic acids is 1. The van der Waals surface area contributed by atoms with Gasteiger partial charge in [0, 0.05) is 24.4 Å². The van der Waals surface area contributed by atoms with Gasteiger partial charge in [0.25, 0.3) is 0 Å². The molecule has 2 saturated carbocycles. The maximum atomic E-state index is 14.0. The largest absolute Gasteiger partial charge is 0.481 e. The summed E-state index contributed by atoms with van der Waals surface area (Å²) in [6.45, 7) is 19.0. The molecule has 0 aromatic rings. The van der Waals surface area contributed by atoms with Gasteiger partial charge in [0.15, 0.2) is 0 Å². The molecule has 0 aromatic carbocycles. The topological polar surface area (TPSA) is 110 Å². The Labute approximate surface area is 260 Å². The van der Waals surface area contributed by atoms with Crippen molar-refractivity contribution in [3.05, 3.63) is 0 Å². The van der Waals surface area contributed by atoms with Crippen LogP contribution in [0.3, 0.4) is 0 Å². The molecule has 2 bridgehead atoms. The van der Waals surface area contributed by atoms with Crippen molar-refractivity contribution in [3.8, 4) is 0 Å². The summed E-state index contributed by atoms with van der Waals surface area (Å²) >= 11 is 0. The Bertz CT molecular complexity index is 1040. The fourth-order valence-corrected chi connectivity index (χ4v) is 8.25. The van der Waals surface area contributed by atoms with E-state index in [2.05, 4.69) is 20.8 Å². The minimum atomic E-state index is -1.23. The van der Waals surface area contributed by atoms with Crippen molar-refractivity contribution in [2.45, 2.75) is 145 Å². The van der Waals surface area contributed by atoms with Crippen LogP contribution in [0, 0.1) is 39.4 Å². The molecule has 1 amide bonds. The quantitative estimate of drug-likeness (QED) is 0.212. The number of amides is 1. The summed E-state index contributed by atoms with van der Waals surface area (Å²) in [4.78, 5) is 55.0. The SMILES string of the molecule is CCC(C)(CC(C)(CC(CC(C)N1CCCCCC1=O)C(=O)O)C(=O)OCC(C)C)C(=O)OC1CC2CCC1(C)C2(C)C. The molecule has 7 atom stereocenters. The van der Waals surface area contributed by atoms with Gasteiger partial charge in [-0.25, -0.2) is 0 Å². The van der Waals surface area contributed by atoms with Crippen molar-refractivity contribution in [2.75, 3.05) is 13.2 Å². The highest BCUT2D eigenvalue weighted by Gasteiger charge is 2.63. The molecule has 8 nitrogen and oxygen atoms in total. The molecule has 3 fully saturated rings. The standard InChI is InChI=1S/C35H59NO7/c1-10-33(7,31(41)43-27-19-26-15-16-35(27,9)32(26,5)6)22-34(8,30(40)42-21-23(2)3)20-25(29(38)39)18-24(4)36-17-13-11-12-14-28(36)37/h23-27H,10-22H2,1-9H3,(H,38,39). The summed E-state index contributed by atoms with van der Waals surface area (Å²) in [6.07, 6.45) is 6.93. The van der Waals surface area contributed by atoms with Crippen LogP contribution in [0.25, 0.3) is 0 Å². The highest BCUT2D eigenvalue weighted by molar-refractivity contribution is 5.82. The van der Waals surface area contributed by atoms with Crippen molar-refractivity contribution in [1.82, 2.24) is 4.90 Å². The first-order valence-corrected chi connectivity index (χ1v) is 16.8. The summed E-state index contributed by atoms with van der Waals surface area (Å²) in [5.41, 5.74) is -2.22. The van der Waals surface area contributed by atoms with E-state index < -0.39 is 28.7 Å². The van der Waals surface area contributed by atoms with E-state index in [1.54, 1.807) is 6.92 Å². The second-order valence-corrected chi connectivity index (χ2v) is 15.9. The summed E-state index contributed by atoms with van der Waals surface area (Å²) < 4.78 is 12.1. The summed E-state index contributed by atoms with van der Waals surface area (Å²) in [5.74, 6) is -1.99. The lowest BCUT2D eigenvalue weighted by Gasteiger charge is -2.41. The molecule has 1 heterocycles. The van der Waals surface area contributed by atoms with Crippen LogP contribution in [-0.2, 0) is 28.7 Å². The Morgan fingerprint density at radius 2 is 1.72 bits per heavy atom. The average Bonchev–Trinajstić information content (AvgIpc) is 3.13. The number of nitrogens with zero attached hydrogens (tertiary/aromatic N) is 1. The summed E-state index contributed by atoms with van der Waals surface area (Å²) in [7, 11) is 0. The number of hydrogen-bond donors (Lipinski definition) is 1. The molecule has 1 N–H and O–H groups in total. The molecule has 1 aliphatic heterocycles. The van der Waals surface area contributed by atoms with E-state index in [4.69, 9.17) is 9.47 Å². The van der Waals surface area contributed by atoms with Crippen LogP contribution < -0.4 is 0 Å². The lowest BCUT2D eigenvalue weighted by Crippen LogP contribution is -2.46. The zero-order valence-electron chi connectivity index (χ0n) is 28.4. The maximum Gasteiger partial charge on any atom is 0.312 e. The molecule has 0 radical (unpaired) electrons. The molecule has 2 aliphatic carbocycles. The molecule has 8 heteroatoms. The van der Waals surface area contributed by atoms with Crippen molar-refractivity contribution in [2.24, 2.45) is 39.4 Å². The van der Waals surface area contributed by atoms with Gasteiger partial charge in [0.1, 0.15) is 6.10 Å². The van der Waals surface area contributed by atoms with Gasteiger partial charge in [0.05, 0.1) is 23.4 Å². The normalized spacial score (nSPS) is 29.3. The number of esters is 2. The van der Waals surface area contributed by atoms with E-state index >= 15 is 0 Å². The first kappa shape index (κ1) is 35.4. The molecule has 3 rings (SSSR count). The first-order valence-electron chi connectivity index (χ1n) is 16.8. The highest BCUT2D eigenvalue weighted by atomic mass is 16.5. The molecular weight excluding hydrogens is 546 g/mol. The zero-order valence-corrected chi connectivity index (χ0v) is 28.4. The molecule has 7 unspecified atom stereocenters. The van der Waals surface area contributed by atoms with Crippen molar-refractivity contribution >= 4 is 23.8 Å². The van der Waals surface area contributed by atoms with E-state index in [0.717, 1.165) is 38.5 Å². The van der Waals surface area contributed by atoms with Crippen LogP contribution >= 0.6 is 0 Å². The van der Waals surface area contributed by atoms with Crippen LogP contribution in [0.5, 0.6) is 0 Å². The van der Waals surface area contributed by atoms with Crippen molar-refractivity contribution in [3.63, 3.8) is 0 Å². The molecule has 3 aliphatic rings. The first-order chi connectivity index (χ1) is 19.9. The van der Waals surface area contributed by atoms with Gasteiger partial charge in [-0.1, -0.05) is 48.0 Å². The Morgan fingerprint density at radius 1 is 1.05 bits per heavy atom. The minimum absolute atomic E-state index is 0.0186. The van der Waals surface area contributed by atoms with Gasteiger partial charge in [0.2, 0.25) is 5.91 Å². The van der Waals surface area contributed by atoms with Crippen LogP contribution in [0.1, 0.15) is 133 Å². The smallest absolute Gasteiger partial charge is 0.312 e. The summed E-state index contributed by atoms with van der Waals surface area (Å²) in [5, 5.41) is 10.4. The van der Waals surface area contributed by atoms with Crippen molar-refractivity contribution < 1.29 is 33.8 Å². The Hall–Kier alpha value is -2.12. The fraction of sp³-hybridized carbons (Fsp3) is 0.886. The zero-order chi connectivity index (χ0) is 32.4. The predicted molar refractivity (Wildman–Crippen MR) is 166 cm³/mol. The molecule has 1 saturated heterocycles. The molecule has 43 heavy (non-hydrogen) atoms. The number of carbonyl (C=O) groups excluding carboxylic acids is 3. The van der Waals surface area contributed by atoms with E-state index in [-0.39, 0.29) is 66.6 Å². The molecular formula is C35H59NO7. The van der Waals surface area contributed by atoms with Crippen LogP contribution in [0.2, 0.25) is 0 Å². The third-order valence-corrected chi connectivity index (χ3v) is 11.9. The van der Waals surface area contributed by atoms with Crippen molar-refractivity contribution in [1.29, 1.82) is 0 Å². The number of aliphatic carboxylic acids is 1. The second-order valence-electron chi connectivity index (χ2n) is 15.9. The van der Waals surface area contributed by atoms with Crippen LogP contribution in [0.15, 0.2) is 0 Å². The van der Waals surface area contributed by atoms with Gasteiger partial charge in [-0.15, -0.1) is 0 Å². The van der Waals surface area contributed by atoms with Crippen LogP contribution in [0.4, 0.5) is 0 Å². The Balaban J connectivity index is 1.84. The Morgan fingerprint density at radius 3 is 2.26 bits per heavy atom. The van der Waals surface area contributed by atoms with Gasteiger partial charge in [-0.3, -0.25) is 19.2 Å². The van der Waals surface area contributed by atoms with E-state index in [1.165, 1.54) is 0 Å². The van der Waals surface area contributed by atoms with Gasteiger partial charge in [-0.2, -0.15) is 0 Å². The number of rotatable bonds is 14. The number of hydrogen-bond acceptors (Lipinski definition) is 6. The maximum absolute atomic E-state index is 14.0. The monoisotopic (exact) mass is 605 g/mol. The number of fused-ring (bicyclic) bond motifs is 2. The number of likely N-dealkylation sites (tertiary alicyclic amines) is 1. The predicted octanol–water partition coefficient (Wildman–Crippen LogP) is 7.03. The summed E-state index contributed by atoms with van der Waals surface area (Å²) in [6, 6.07) is -0.271. The van der Waals surface area contributed by atoms with E-state index in [1.807, 2.05) is 39.5 Å². The van der Waals surface area contributed by atoms with Gasteiger partial charge in [-0.05, 0) is 95.8 Å². The number of carbonyl (C=O) groups is 4. The van der Waals surface area contributed by atoms with Gasteiger partial charge < -0.3 is 19.5 Å². The average molecular weight is 606 g/mol. The number of ether oxygens (including phenoxy) is 2. The minimum Gasteiger partial charge on any atom is -0.481 e. The lowest BCUT2D eigenvalue weighted by molar-refractivity contribution is -0.174. The lowest BCUT2D eigenvalue weighted by atomic mass is 9.67. The molecule has 246 valence electrons. The van der Waals surface area contributed by atoms with E-state index in [9.17, 15) is 24.3 Å². The molecule has 0 aromatic heterocycles. The second kappa shape index (κ2) is 13.5. The van der Waals surface area contributed by atoms with Crippen LogP contribution in [-0.4, -0.2) is 59.1 Å². The third kappa shape index (κ3) is 7.41. The van der Waals surface area contributed by atoms with E-state index in [0.29, 0.717) is 25.3 Å².